The van der Waals surface area contributed by atoms with Crippen LogP contribution in [0.15, 0.2) is 65.3 Å². The first-order chi connectivity index (χ1) is 17.1. The lowest BCUT2D eigenvalue weighted by Gasteiger charge is -2.33. The molecule has 1 saturated carbocycles. The van der Waals surface area contributed by atoms with Crippen molar-refractivity contribution in [1.82, 2.24) is 5.32 Å². The third kappa shape index (κ3) is 5.04. The molecule has 1 aliphatic heterocycles. The first-order valence-electron chi connectivity index (χ1n) is 12.2. The van der Waals surface area contributed by atoms with Crippen molar-refractivity contribution in [2.45, 2.75) is 51.1 Å². The highest BCUT2D eigenvalue weighted by Gasteiger charge is 2.36. The second-order valence-corrected chi connectivity index (χ2v) is 9.14. The molecule has 0 unspecified atom stereocenters. The molecule has 3 aromatic rings. The molecule has 2 aliphatic rings. The quantitative estimate of drug-likeness (QED) is 0.531. The van der Waals surface area contributed by atoms with Crippen LogP contribution in [0.2, 0.25) is 0 Å². The average Bonchev–Trinajstić information content (AvgIpc) is 3.43. The van der Waals surface area contributed by atoms with Crippen LogP contribution in [0.1, 0.15) is 59.8 Å². The number of fused-ring (bicyclic) bond motifs is 1. The van der Waals surface area contributed by atoms with Crippen molar-refractivity contribution in [3.63, 3.8) is 0 Å². The van der Waals surface area contributed by atoms with Crippen molar-refractivity contribution in [3.8, 4) is 11.5 Å². The summed E-state index contributed by atoms with van der Waals surface area (Å²) in [6.07, 6.45) is 6.73. The normalized spacial score (nSPS) is 16.4. The Hall–Kier alpha value is -3.74. The van der Waals surface area contributed by atoms with Crippen molar-refractivity contribution in [2.24, 2.45) is 0 Å². The SMILES string of the molecule is Cc1ccc([C@H](C(=O)NC2CCCCC2)N(C(=O)c2ccco2)c2ccc3c(c2)OCCO3)cc1. The zero-order valence-corrected chi connectivity index (χ0v) is 19.9. The van der Waals surface area contributed by atoms with Gasteiger partial charge in [-0.05, 0) is 49.6 Å². The largest absolute Gasteiger partial charge is 0.486 e. The first-order valence-corrected chi connectivity index (χ1v) is 12.2. The van der Waals surface area contributed by atoms with Gasteiger partial charge in [-0.25, -0.2) is 0 Å². The lowest BCUT2D eigenvalue weighted by molar-refractivity contribution is -0.123. The summed E-state index contributed by atoms with van der Waals surface area (Å²) < 4.78 is 16.9. The highest BCUT2D eigenvalue weighted by atomic mass is 16.6. The second kappa shape index (κ2) is 10.3. The van der Waals surface area contributed by atoms with Crippen LogP contribution in [0.3, 0.4) is 0 Å². The Morgan fingerprint density at radius 3 is 2.40 bits per heavy atom. The Morgan fingerprint density at radius 2 is 1.69 bits per heavy atom. The van der Waals surface area contributed by atoms with E-state index in [0.717, 1.165) is 36.8 Å². The topological polar surface area (TPSA) is 81.0 Å². The molecule has 5 rings (SSSR count). The van der Waals surface area contributed by atoms with E-state index in [-0.39, 0.29) is 17.7 Å². The molecule has 1 aliphatic carbocycles. The molecule has 0 radical (unpaired) electrons. The summed E-state index contributed by atoms with van der Waals surface area (Å²) in [5, 5.41) is 3.23. The molecule has 35 heavy (non-hydrogen) atoms. The number of amides is 2. The molecule has 7 nitrogen and oxygen atoms in total. The van der Waals surface area contributed by atoms with E-state index in [1.807, 2.05) is 31.2 Å². The van der Waals surface area contributed by atoms with Gasteiger partial charge in [-0.3, -0.25) is 14.5 Å². The number of carbonyl (C=O) groups is 2. The minimum atomic E-state index is -0.891. The van der Waals surface area contributed by atoms with E-state index in [1.54, 1.807) is 30.3 Å². The van der Waals surface area contributed by atoms with Crippen molar-refractivity contribution in [3.05, 3.63) is 77.7 Å². The molecule has 2 heterocycles. The maximum absolute atomic E-state index is 13.9. The molecule has 1 fully saturated rings. The predicted octanol–water partition coefficient (Wildman–Crippen LogP) is 5.20. The highest BCUT2D eigenvalue weighted by Crippen LogP contribution is 2.38. The van der Waals surface area contributed by atoms with E-state index >= 15 is 0 Å². The Balaban J connectivity index is 1.59. The fourth-order valence-corrected chi connectivity index (χ4v) is 4.78. The van der Waals surface area contributed by atoms with Crippen LogP contribution in [-0.2, 0) is 4.79 Å². The monoisotopic (exact) mass is 474 g/mol. The van der Waals surface area contributed by atoms with Gasteiger partial charge in [-0.2, -0.15) is 0 Å². The minimum Gasteiger partial charge on any atom is -0.486 e. The number of ether oxygens (including phenoxy) is 2. The van der Waals surface area contributed by atoms with Gasteiger partial charge in [0.05, 0.1) is 6.26 Å². The van der Waals surface area contributed by atoms with Gasteiger partial charge >= 0.3 is 0 Å². The molecule has 182 valence electrons. The van der Waals surface area contributed by atoms with E-state index in [1.165, 1.54) is 17.6 Å². The number of aryl methyl sites for hydroxylation is 1. The number of rotatable bonds is 6. The smallest absolute Gasteiger partial charge is 0.294 e. The van der Waals surface area contributed by atoms with Crippen LogP contribution >= 0.6 is 0 Å². The van der Waals surface area contributed by atoms with Crippen LogP contribution in [0.4, 0.5) is 5.69 Å². The molecule has 1 atom stereocenters. The Morgan fingerprint density at radius 1 is 0.943 bits per heavy atom. The third-order valence-corrected chi connectivity index (χ3v) is 6.61. The van der Waals surface area contributed by atoms with Gasteiger partial charge < -0.3 is 19.2 Å². The standard InChI is InChI=1S/C28H30N2O5/c1-19-9-11-20(12-10-19)26(27(31)29-21-6-3-2-4-7-21)30(28(32)24-8-5-15-33-24)22-13-14-23-25(18-22)35-17-16-34-23/h5,8-15,18,21,26H,2-4,6-7,16-17H2,1H3,(H,29,31)/t26-/m1/s1. The Kier molecular flexibility index (Phi) is 6.75. The summed E-state index contributed by atoms with van der Waals surface area (Å²) >= 11 is 0. The van der Waals surface area contributed by atoms with Gasteiger partial charge in [0.1, 0.15) is 19.3 Å². The van der Waals surface area contributed by atoms with Crippen LogP contribution in [0.5, 0.6) is 11.5 Å². The molecule has 0 spiro atoms. The summed E-state index contributed by atoms with van der Waals surface area (Å²) in [5.41, 5.74) is 2.32. The molecular weight excluding hydrogens is 444 g/mol. The number of hydrogen-bond acceptors (Lipinski definition) is 5. The summed E-state index contributed by atoms with van der Waals surface area (Å²) in [4.78, 5) is 29.2. The minimum absolute atomic E-state index is 0.102. The molecular formula is C28H30N2O5. The van der Waals surface area contributed by atoms with Gasteiger partial charge in [0, 0.05) is 17.8 Å². The van der Waals surface area contributed by atoms with Crippen molar-refractivity contribution >= 4 is 17.5 Å². The maximum atomic E-state index is 13.9. The number of benzene rings is 2. The van der Waals surface area contributed by atoms with Crippen LogP contribution in [0.25, 0.3) is 0 Å². The molecule has 1 N–H and O–H groups in total. The fraction of sp³-hybridized carbons (Fsp3) is 0.357. The average molecular weight is 475 g/mol. The lowest BCUT2D eigenvalue weighted by Crippen LogP contribution is -2.47. The predicted molar refractivity (Wildman–Crippen MR) is 132 cm³/mol. The number of nitrogens with zero attached hydrogens (tertiary/aromatic N) is 1. The van der Waals surface area contributed by atoms with E-state index in [0.29, 0.717) is 30.4 Å². The summed E-state index contributed by atoms with van der Waals surface area (Å²) in [6, 6.07) is 15.5. The van der Waals surface area contributed by atoms with Crippen LogP contribution in [0, 0.1) is 6.92 Å². The number of anilines is 1. The molecule has 0 saturated heterocycles. The lowest BCUT2D eigenvalue weighted by atomic mass is 9.94. The summed E-state index contributed by atoms with van der Waals surface area (Å²) in [6.45, 7) is 2.89. The van der Waals surface area contributed by atoms with Gasteiger partial charge in [0.25, 0.3) is 5.91 Å². The second-order valence-electron chi connectivity index (χ2n) is 9.14. The van der Waals surface area contributed by atoms with Gasteiger partial charge in [0.15, 0.2) is 17.3 Å². The van der Waals surface area contributed by atoms with E-state index < -0.39 is 11.9 Å². The molecule has 2 aromatic carbocycles. The van der Waals surface area contributed by atoms with Gasteiger partial charge in [0.2, 0.25) is 5.91 Å². The number of hydrogen-bond donors (Lipinski definition) is 1. The number of carbonyl (C=O) groups excluding carboxylic acids is 2. The van der Waals surface area contributed by atoms with E-state index in [2.05, 4.69) is 5.32 Å². The van der Waals surface area contributed by atoms with Crippen molar-refractivity contribution < 1.29 is 23.5 Å². The van der Waals surface area contributed by atoms with Crippen molar-refractivity contribution in [1.29, 1.82) is 0 Å². The molecule has 0 bridgehead atoms. The zero-order valence-electron chi connectivity index (χ0n) is 19.9. The van der Waals surface area contributed by atoms with Gasteiger partial charge in [-0.15, -0.1) is 0 Å². The third-order valence-electron chi connectivity index (χ3n) is 6.61. The van der Waals surface area contributed by atoms with E-state index in [4.69, 9.17) is 13.9 Å². The highest BCUT2D eigenvalue weighted by molar-refractivity contribution is 6.08. The zero-order chi connectivity index (χ0) is 24.2. The summed E-state index contributed by atoms with van der Waals surface area (Å²) in [7, 11) is 0. The van der Waals surface area contributed by atoms with Crippen LogP contribution < -0.4 is 19.7 Å². The Labute approximate surface area is 205 Å². The van der Waals surface area contributed by atoms with Crippen LogP contribution in [-0.4, -0.2) is 31.1 Å². The molecule has 7 heteroatoms. The first kappa shape index (κ1) is 23.0. The summed E-state index contributed by atoms with van der Waals surface area (Å²) in [5.74, 6) is 0.694. The number of furan rings is 1. The Bertz CT molecular complexity index is 1170. The fourth-order valence-electron chi connectivity index (χ4n) is 4.78. The number of nitrogens with one attached hydrogen (secondary N) is 1. The van der Waals surface area contributed by atoms with E-state index in [9.17, 15) is 9.59 Å². The maximum Gasteiger partial charge on any atom is 0.294 e. The molecule has 2 amide bonds. The van der Waals surface area contributed by atoms with Gasteiger partial charge in [-0.1, -0.05) is 49.1 Å². The van der Waals surface area contributed by atoms with Crippen molar-refractivity contribution in [2.75, 3.05) is 18.1 Å². The molecule has 1 aromatic heterocycles.